The fourth-order valence-electron chi connectivity index (χ4n) is 4.16. The summed E-state index contributed by atoms with van der Waals surface area (Å²) in [5, 5.41) is 12.5. The van der Waals surface area contributed by atoms with Crippen LogP contribution in [-0.2, 0) is 6.54 Å². The molecule has 1 aliphatic heterocycles. The predicted molar refractivity (Wildman–Crippen MR) is 126 cm³/mol. The third-order valence-corrected chi connectivity index (χ3v) is 5.95. The quantitative estimate of drug-likeness (QED) is 0.452. The summed E-state index contributed by atoms with van der Waals surface area (Å²) in [5.41, 5.74) is 1.39. The fourth-order valence-corrected chi connectivity index (χ4v) is 4.16. The largest absolute Gasteiger partial charge is 0.408 e. The van der Waals surface area contributed by atoms with Gasteiger partial charge in [-0.05, 0) is 25.1 Å². The minimum atomic E-state index is -4.35. The van der Waals surface area contributed by atoms with Gasteiger partial charge in [-0.2, -0.15) is 23.4 Å². The van der Waals surface area contributed by atoms with Crippen molar-refractivity contribution in [3.05, 3.63) is 49.1 Å². The summed E-state index contributed by atoms with van der Waals surface area (Å²) in [5.74, 6) is 4.30. The van der Waals surface area contributed by atoms with Crippen molar-refractivity contribution in [3.63, 3.8) is 0 Å². The van der Waals surface area contributed by atoms with Gasteiger partial charge in [-0.3, -0.25) is 9.67 Å². The van der Waals surface area contributed by atoms with Gasteiger partial charge in [-0.15, -0.1) is 6.42 Å². The van der Waals surface area contributed by atoms with Crippen LogP contribution in [0.15, 0.2) is 49.1 Å². The van der Waals surface area contributed by atoms with Crippen LogP contribution in [0.5, 0.6) is 0 Å². The third kappa shape index (κ3) is 4.83. The molecule has 1 atom stereocenters. The van der Waals surface area contributed by atoms with Gasteiger partial charge >= 0.3 is 6.18 Å². The molecule has 0 radical (unpaired) electrons. The number of nitrogens with one attached hydrogen (secondary N) is 1. The Kier molecular flexibility index (Phi) is 5.68. The van der Waals surface area contributed by atoms with Crippen LogP contribution in [0.1, 0.15) is 6.92 Å². The van der Waals surface area contributed by atoms with E-state index >= 15 is 0 Å². The maximum Gasteiger partial charge on any atom is 0.408 e. The van der Waals surface area contributed by atoms with E-state index in [0.29, 0.717) is 23.6 Å². The van der Waals surface area contributed by atoms with Crippen LogP contribution >= 0.6 is 0 Å². The highest BCUT2D eigenvalue weighted by Crippen LogP contribution is 2.26. The first-order valence-corrected chi connectivity index (χ1v) is 11.1. The number of hydrogen-bond donors (Lipinski definition) is 1. The molecule has 1 saturated heterocycles. The van der Waals surface area contributed by atoms with Crippen molar-refractivity contribution in [2.75, 3.05) is 31.1 Å². The molecular formula is C24H23F3N8. The molecule has 0 saturated carbocycles. The van der Waals surface area contributed by atoms with Crippen LogP contribution in [0.3, 0.4) is 0 Å². The minimum absolute atomic E-state index is 0.316. The first kappa shape index (κ1) is 22.9. The van der Waals surface area contributed by atoms with Crippen molar-refractivity contribution in [1.29, 1.82) is 0 Å². The molecule has 0 bridgehead atoms. The molecule has 5 rings (SSSR count). The van der Waals surface area contributed by atoms with Crippen LogP contribution in [0.4, 0.5) is 19.0 Å². The highest BCUT2D eigenvalue weighted by atomic mass is 19.4. The van der Waals surface area contributed by atoms with E-state index in [1.807, 2.05) is 18.2 Å². The Morgan fingerprint density at radius 2 is 2.00 bits per heavy atom. The molecule has 0 aromatic carbocycles. The zero-order valence-corrected chi connectivity index (χ0v) is 19.0. The van der Waals surface area contributed by atoms with E-state index in [4.69, 9.17) is 11.4 Å². The number of hydrogen-bond acceptors (Lipinski definition) is 6. The molecule has 35 heavy (non-hydrogen) atoms. The monoisotopic (exact) mass is 480 g/mol. The lowest BCUT2D eigenvalue weighted by Crippen LogP contribution is -2.36. The number of halogens is 3. The molecule has 4 aromatic rings. The van der Waals surface area contributed by atoms with Crippen LogP contribution in [-0.4, -0.2) is 61.9 Å². The van der Waals surface area contributed by atoms with Gasteiger partial charge in [0.2, 0.25) is 0 Å². The molecule has 8 nitrogen and oxygen atoms in total. The summed E-state index contributed by atoms with van der Waals surface area (Å²) in [6, 6.07) is 7.49. The van der Waals surface area contributed by atoms with Gasteiger partial charge in [-0.1, -0.05) is 12.0 Å². The Bertz CT molecular complexity index is 1400. The number of rotatable bonds is 4. The van der Waals surface area contributed by atoms with Gasteiger partial charge in [0.15, 0.2) is 5.82 Å². The van der Waals surface area contributed by atoms with Crippen molar-refractivity contribution < 1.29 is 13.2 Å². The predicted octanol–water partition coefficient (Wildman–Crippen LogP) is 3.29. The Labute approximate surface area is 199 Å². The second kappa shape index (κ2) is 8.70. The number of pyridine rings is 2. The lowest BCUT2D eigenvalue weighted by atomic mass is 9.91. The topological polar surface area (TPSA) is 76.7 Å². The molecule has 5 heterocycles. The van der Waals surface area contributed by atoms with Crippen molar-refractivity contribution in [2.45, 2.75) is 19.6 Å². The van der Waals surface area contributed by atoms with Crippen molar-refractivity contribution >= 4 is 16.7 Å². The summed E-state index contributed by atoms with van der Waals surface area (Å²) in [6.07, 6.45) is 7.46. The molecule has 180 valence electrons. The number of aromatic nitrogens is 6. The zero-order valence-electron chi connectivity index (χ0n) is 19.0. The van der Waals surface area contributed by atoms with Crippen LogP contribution in [0.2, 0.25) is 0 Å². The van der Waals surface area contributed by atoms with Gasteiger partial charge in [0.05, 0.1) is 29.0 Å². The zero-order chi connectivity index (χ0) is 24.6. The van der Waals surface area contributed by atoms with E-state index in [0.717, 1.165) is 41.0 Å². The first-order valence-electron chi connectivity index (χ1n) is 11.1. The molecule has 1 aliphatic rings. The highest BCUT2D eigenvalue weighted by molar-refractivity contribution is 5.83. The van der Waals surface area contributed by atoms with Crippen molar-refractivity contribution in [1.82, 2.24) is 34.8 Å². The Hall–Kier alpha value is -3.91. The number of nitrogens with zero attached hydrogens (tertiary/aromatic N) is 7. The molecular weight excluding hydrogens is 457 g/mol. The smallest absolute Gasteiger partial charge is 0.354 e. The van der Waals surface area contributed by atoms with Crippen molar-refractivity contribution in [3.8, 4) is 29.4 Å². The molecule has 1 fully saturated rings. The number of fused-ring (bicyclic) bond motifs is 1. The maximum atomic E-state index is 12.7. The number of anilines is 1. The summed E-state index contributed by atoms with van der Waals surface area (Å²) in [6.45, 7) is 3.86. The van der Waals surface area contributed by atoms with E-state index in [9.17, 15) is 13.2 Å². The number of terminal acetylenes is 1. The SMILES string of the molecule is C#CC1(C)CNCCN(c2cccc(-n3ncc4cnc(-c5cnn(CC(F)(F)F)c5)cc43)n2)C1. The number of alkyl halides is 3. The van der Waals surface area contributed by atoms with E-state index in [1.54, 1.807) is 23.1 Å². The molecule has 1 N–H and O–H groups in total. The molecule has 0 aliphatic carbocycles. The Morgan fingerprint density at radius 1 is 1.17 bits per heavy atom. The molecule has 0 amide bonds. The van der Waals surface area contributed by atoms with Gasteiger partial charge in [0.1, 0.15) is 12.4 Å². The second-order valence-corrected chi connectivity index (χ2v) is 8.88. The average molecular weight is 480 g/mol. The van der Waals surface area contributed by atoms with E-state index in [-0.39, 0.29) is 5.41 Å². The van der Waals surface area contributed by atoms with E-state index in [1.165, 1.54) is 12.4 Å². The average Bonchev–Trinajstić information content (AvgIpc) is 3.41. The van der Waals surface area contributed by atoms with Gasteiger partial charge < -0.3 is 10.2 Å². The normalized spacial score (nSPS) is 19.0. The fraction of sp³-hybridized carbons (Fsp3) is 0.333. The van der Waals surface area contributed by atoms with Gasteiger partial charge in [0, 0.05) is 49.5 Å². The van der Waals surface area contributed by atoms with Crippen molar-refractivity contribution in [2.24, 2.45) is 5.41 Å². The summed E-state index contributed by atoms with van der Waals surface area (Å²) in [7, 11) is 0. The lowest BCUT2D eigenvalue weighted by Gasteiger charge is -2.29. The lowest BCUT2D eigenvalue weighted by molar-refractivity contribution is -0.142. The van der Waals surface area contributed by atoms with Crippen LogP contribution < -0.4 is 10.2 Å². The van der Waals surface area contributed by atoms with Gasteiger partial charge in [-0.25, -0.2) is 9.67 Å². The molecule has 1 unspecified atom stereocenters. The third-order valence-electron chi connectivity index (χ3n) is 5.95. The standard InChI is InChI=1S/C24H23F3N8/c1-3-23(2)14-28-7-8-33(15-23)21-5-4-6-22(32-21)35-20-9-19(29-10-17(20)11-31-35)18-12-30-34(13-18)16-24(25,26)27/h1,4-6,9-13,28H,7-8,14-16H2,2H3. The second-order valence-electron chi connectivity index (χ2n) is 8.88. The van der Waals surface area contributed by atoms with Crippen LogP contribution in [0, 0.1) is 17.8 Å². The molecule has 11 heteroatoms. The van der Waals surface area contributed by atoms with E-state index in [2.05, 4.69) is 38.2 Å². The molecule has 0 spiro atoms. The van der Waals surface area contributed by atoms with Gasteiger partial charge in [0.25, 0.3) is 0 Å². The Morgan fingerprint density at radius 3 is 2.80 bits per heavy atom. The Balaban J connectivity index is 1.48. The summed E-state index contributed by atoms with van der Waals surface area (Å²) < 4.78 is 40.6. The summed E-state index contributed by atoms with van der Waals surface area (Å²) in [4.78, 5) is 11.4. The maximum absolute atomic E-state index is 12.7. The highest BCUT2D eigenvalue weighted by Gasteiger charge is 2.29. The van der Waals surface area contributed by atoms with E-state index < -0.39 is 12.7 Å². The summed E-state index contributed by atoms with van der Waals surface area (Å²) >= 11 is 0. The minimum Gasteiger partial charge on any atom is -0.354 e. The van der Waals surface area contributed by atoms with Crippen LogP contribution in [0.25, 0.3) is 28.0 Å². The molecule has 4 aromatic heterocycles. The first-order chi connectivity index (χ1) is 16.7.